The number of hydrogen-bond donors (Lipinski definition) is 2. The molecule has 1 heterocycles. The first-order valence-corrected chi connectivity index (χ1v) is 11.3. The molecule has 0 aliphatic carbocycles. The normalized spacial score (nSPS) is 12.8. The van der Waals surface area contributed by atoms with E-state index in [1.165, 1.54) is 11.8 Å². The fourth-order valence-electron chi connectivity index (χ4n) is 3.17. The van der Waals surface area contributed by atoms with Crippen LogP contribution in [0.1, 0.15) is 39.2 Å². The number of benzene rings is 1. The molecule has 0 bridgehead atoms. The van der Waals surface area contributed by atoms with Gasteiger partial charge >= 0.3 is 12.2 Å². The van der Waals surface area contributed by atoms with Gasteiger partial charge in [0.05, 0.1) is 11.4 Å². The van der Waals surface area contributed by atoms with Crippen LogP contribution in [0.4, 0.5) is 0 Å². The zero-order valence-electron chi connectivity index (χ0n) is 18.0. The molecule has 0 aliphatic rings. The Morgan fingerprint density at radius 3 is 2.71 bits per heavy atom. The SMILES string of the molecule is CCS[C@@H](Cc1c[nH]c2ccccc12)C(=O)N[C@@H](CCC(=O)C=[N+]=[N-])C(=O)OC(C)C. The number of Topliss-reactive ketones (excluding diaryl/α,β-unsaturated/α-hetero) is 1. The lowest BCUT2D eigenvalue weighted by Crippen LogP contribution is -2.46. The molecule has 2 atom stereocenters. The van der Waals surface area contributed by atoms with Gasteiger partial charge in [0.1, 0.15) is 6.04 Å². The van der Waals surface area contributed by atoms with Crippen LogP contribution in [0.15, 0.2) is 30.5 Å². The monoisotopic (exact) mass is 444 g/mol. The number of nitrogens with zero attached hydrogens (tertiary/aromatic N) is 2. The first kappa shape index (κ1) is 24.4. The van der Waals surface area contributed by atoms with Crippen LogP contribution in [0, 0.1) is 0 Å². The second-order valence-electron chi connectivity index (χ2n) is 7.30. The third-order valence-electron chi connectivity index (χ3n) is 4.57. The molecule has 1 amide bonds. The Hall–Kier alpha value is -2.90. The molecule has 1 aromatic carbocycles. The highest BCUT2D eigenvalue weighted by atomic mass is 32.2. The van der Waals surface area contributed by atoms with Crippen molar-refractivity contribution in [3.05, 3.63) is 41.6 Å². The van der Waals surface area contributed by atoms with Gasteiger partial charge in [-0.25, -0.2) is 4.79 Å². The van der Waals surface area contributed by atoms with Crippen molar-refractivity contribution >= 4 is 46.5 Å². The minimum absolute atomic E-state index is 0.0543. The van der Waals surface area contributed by atoms with Crippen LogP contribution in [0.2, 0.25) is 0 Å². The Labute approximate surface area is 185 Å². The molecule has 0 spiro atoms. The third-order valence-corrected chi connectivity index (χ3v) is 5.69. The maximum Gasteiger partial charge on any atom is 0.328 e. The maximum atomic E-state index is 13.1. The molecule has 2 N–H and O–H groups in total. The number of fused-ring (bicyclic) bond motifs is 1. The number of para-hydroxylation sites is 1. The van der Waals surface area contributed by atoms with E-state index in [9.17, 15) is 14.4 Å². The van der Waals surface area contributed by atoms with Gasteiger partial charge in [-0.05, 0) is 44.1 Å². The average Bonchev–Trinajstić information content (AvgIpc) is 3.13. The van der Waals surface area contributed by atoms with Crippen molar-refractivity contribution in [2.45, 2.75) is 57.4 Å². The van der Waals surface area contributed by atoms with Crippen molar-refractivity contribution in [2.75, 3.05) is 5.75 Å². The lowest BCUT2D eigenvalue weighted by molar-refractivity contribution is -0.151. The van der Waals surface area contributed by atoms with Crippen molar-refractivity contribution < 1.29 is 23.9 Å². The lowest BCUT2D eigenvalue weighted by atomic mass is 10.1. The number of aromatic nitrogens is 1. The van der Waals surface area contributed by atoms with Crippen molar-refractivity contribution in [3.8, 4) is 0 Å². The highest BCUT2D eigenvalue weighted by Crippen LogP contribution is 2.24. The molecule has 31 heavy (non-hydrogen) atoms. The predicted octanol–water partition coefficient (Wildman–Crippen LogP) is 2.92. The fourth-order valence-corrected chi connectivity index (χ4v) is 4.09. The summed E-state index contributed by atoms with van der Waals surface area (Å²) < 4.78 is 5.25. The maximum absolute atomic E-state index is 13.1. The number of amides is 1. The van der Waals surface area contributed by atoms with Gasteiger partial charge in [-0.15, -0.1) is 11.8 Å². The number of thioether (sulfide) groups is 1. The highest BCUT2D eigenvalue weighted by molar-refractivity contribution is 8.00. The van der Waals surface area contributed by atoms with Crippen LogP contribution in [-0.4, -0.2) is 56.8 Å². The van der Waals surface area contributed by atoms with E-state index in [4.69, 9.17) is 10.3 Å². The van der Waals surface area contributed by atoms with Gasteiger partial charge in [0, 0.05) is 23.5 Å². The van der Waals surface area contributed by atoms with Crippen LogP contribution >= 0.6 is 11.8 Å². The number of carbonyl (C=O) groups excluding carboxylic acids is 3. The van der Waals surface area contributed by atoms with Crippen LogP contribution in [0.3, 0.4) is 0 Å². The first-order chi connectivity index (χ1) is 14.8. The summed E-state index contributed by atoms with van der Waals surface area (Å²) in [4.78, 5) is 43.1. The number of H-pyrrole nitrogens is 1. The molecule has 0 fully saturated rings. The Bertz CT molecular complexity index is 965. The Morgan fingerprint density at radius 2 is 2.03 bits per heavy atom. The predicted molar refractivity (Wildman–Crippen MR) is 121 cm³/mol. The number of carbonyl (C=O) groups is 3. The van der Waals surface area contributed by atoms with Gasteiger partial charge in [-0.3, -0.25) is 9.59 Å². The van der Waals surface area contributed by atoms with E-state index in [0.717, 1.165) is 28.4 Å². The zero-order chi connectivity index (χ0) is 22.8. The number of esters is 1. The number of nitrogens with one attached hydrogen (secondary N) is 2. The van der Waals surface area contributed by atoms with Crippen molar-refractivity contribution in [1.82, 2.24) is 10.3 Å². The summed E-state index contributed by atoms with van der Waals surface area (Å²) in [5, 5.41) is 3.41. The second-order valence-corrected chi connectivity index (χ2v) is 8.78. The van der Waals surface area contributed by atoms with Gasteiger partial charge < -0.3 is 20.6 Å². The molecule has 0 radical (unpaired) electrons. The topological polar surface area (TPSA) is 125 Å². The van der Waals surface area contributed by atoms with Crippen LogP contribution in [0.5, 0.6) is 0 Å². The average molecular weight is 445 g/mol. The quantitative estimate of drug-likeness (QED) is 0.225. The van der Waals surface area contributed by atoms with Gasteiger partial charge in [0.2, 0.25) is 11.7 Å². The summed E-state index contributed by atoms with van der Waals surface area (Å²) in [7, 11) is 0. The molecule has 166 valence electrons. The Kier molecular flexibility index (Phi) is 9.49. The van der Waals surface area contributed by atoms with Gasteiger partial charge in [-0.1, -0.05) is 25.1 Å². The summed E-state index contributed by atoms with van der Waals surface area (Å²) >= 11 is 1.49. The van der Waals surface area contributed by atoms with E-state index in [0.29, 0.717) is 6.42 Å². The number of ether oxygens (including phenoxy) is 1. The molecule has 0 saturated heterocycles. The van der Waals surface area contributed by atoms with Crippen molar-refractivity contribution in [1.29, 1.82) is 0 Å². The van der Waals surface area contributed by atoms with Crippen LogP contribution in [0.25, 0.3) is 16.4 Å². The van der Waals surface area contributed by atoms with E-state index in [2.05, 4.69) is 15.1 Å². The molecule has 1 aromatic heterocycles. The van der Waals surface area contributed by atoms with Gasteiger partial charge in [0.15, 0.2) is 0 Å². The molecule has 8 nitrogen and oxygen atoms in total. The molecular formula is C22H28N4O4S. The zero-order valence-corrected chi connectivity index (χ0v) is 18.8. The smallest absolute Gasteiger partial charge is 0.328 e. The molecular weight excluding hydrogens is 416 g/mol. The summed E-state index contributed by atoms with van der Waals surface area (Å²) in [5.41, 5.74) is 10.5. The van der Waals surface area contributed by atoms with Crippen molar-refractivity contribution in [3.63, 3.8) is 0 Å². The van der Waals surface area contributed by atoms with E-state index in [-0.39, 0.29) is 24.9 Å². The van der Waals surface area contributed by atoms with Crippen LogP contribution < -0.4 is 5.32 Å². The lowest BCUT2D eigenvalue weighted by Gasteiger charge is -2.22. The van der Waals surface area contributed by atoms with Crippen LogP contribution in [-0.2, 0) is 25.5 Å². The summed E-state index contributed by atoms with van der Waals surface area (Å²) in [6.07, 6.45) is 2.82. The molecule has 2 rings (SSSR count). The Morgan fingerprint density at radius 1 is 1.29 bits per heavy atom. The summed E-state index contributed by atoms with van der Waals surface area (Å²) in [6, 6.07) is 6.91. The highest BCUT2D eigenvalue weighted by Gasteiger charge is 2.28. The Balaban J connectivity index is 2.14. The van der Waals surface area contributed by atoms with Gasteiger partial charge in [-0.2, -0.15) is 4.79 Å². The van der Waals surface area contributed by atoms with E-state index in [1.807, 2.05) is 37.4 Å². The summed E-state index contributed by atoms with van der Waals surface area (Å²) in [6.45, 7) is 5.40. The van der Waals surface area contributed by atoms with E-state index >= 15 is 0 Å². The van der Waals surface area contributed by atoms with Crippen molar-refractivity contribution in [2.24, 2.45) is 0 Å². The minimum Gasteiger partial charge on any atom is -0.461 e. The minimum atomic E-state index is -0.964. The molecule has 0 aliphatic heterocycles. The fraction of sp³-hybridized carbons (Fsp3) is 0.455. The van der Waals surface area contributed by atoms with E-state index < -0.39 is 23.0 Å². The molecule has 2 aromatic rings. The number of aromatic amines is 1. The number of rotatable bonds is 12. The molecule has 0 saturated carbocycles. The van der Waals surface area contributed by atoms with Gasteiger partial charge in [0.25, 0.3) is 0 Å². The standard InChI is InChI=1S/C22H28N4O4S/c1-4-31-20(11-15-12-24-18-8-6-5-7-17(15)18)21(28)26-19(22(29)30-14(2)3)10-9-16(27)13-25-23/h5-8,12-14,19-20,24H,4,9-11H2,1-3H3,(H,26,28)/t19-,20-/m0/s1. The first-order valence-electron chi connectivity index (χ1n) is 10.2. The largest absolute Gasteiger partial charge is 0.461 e. The number of ketones is 1. The number of hydrogen-bond acceptors (Lipinski definition) is 5. The second kappa shape index (κ2) is 12.1. The summed E-state index contributed by atoms with van der Waals surface area (Å²) in [5.74, 6) is -0.597. The molecule has 0 unspecified atom stereocenters. The third kappa shape index (κ3) is 7.38. The molecule has 9 heteroatoms. The van der Waals surface area contributed by atoms with E-state index in [1.54, 1.807) is 13.8 Å².